The van der Waals surface area contributed by atoms with Gasteiger partial charge in [-0.2, -0.15) is 5.10 Å². The van der Waals surface area contributed by atoms with Gasteiger partial charge in [0.1, 0.15) is 5.75 Å². The number of methoxy groups -OCH3 is 1. The molecular weight excluding hydrogens is 376 g/mol. The minimum Gasteiger partial charge on any atom is -0.497 e. The first-order valence-corrected chi connectivity index (χ1v) is 9.72. The zero-order valence-corrected chi connectivity index (χ0v) is 16.6. The van der Waals surface area contributed by atoms with Crippen LogP contribution in [0.4, 0.5) is 5.69 Å². The van der Waals surface area contributed by atoms with Crippen molar-refractivity contribution in [3.63, 3.8) is 0 Å². The normalized spacial score (nSPS) is 16.0. The summed E-state index contributed by atoms with van der Waals surface area (Å²) >= 11 is 0. The van der Waals surface area contributed by atoms with Crippen LogP contribution in [0, 0.1) is 0 Å². The molecule has 3 aromatic carbocycles. The van der Waals surface area contributed by atoms with Gasteiger partial charge in [0, 0.05) is 6.42 Å². The number of hydrogen-bond donors (Lipinski definition) is 1. The van der Waals surface area contributed by atoms with Gasteiger partial charge in [0.25, 0.3) is 0 Å². The second-order valence-electron chi connectivity index (χ2n) is 7.01. The number of benzene rings is 3. The molecule has 1 heterocycles. The average molecular weight is 398 g/mol. The van der Waals surface area contributed by atoms with Crippen LogP contribution in [-0.4, -0.2) is 29.9 Å². The zero-order chi connectivity index (χ0) is 20.9. The lowest BCUT2D eigenvalue weighted by Crippen LogP contribution is -2.24. The van der Waals surface area contributed by atoms with Crippen LogP contribution in [0.15, 0.2) is 90.0 Å². The molecule has 0 unspecified atom stereocenters. The van der Waals surface area contributed by atoms with Crippen LogP contribution in [-0.2, 0) is 0 Å². The molecule has 150 valence electrons. The lowest BCUT2D eigenvalue weighted by Gasteiger charge is -2.21. The number of carboxylic acids is 1. The largest absolute Gasteiger partial charge is 0.497 e. The standard InChI is InChI=1S/C25H22N2O3/c1-30-23-15-10-19(11-16-23)24-17-22(12-7-18-5-3-2-4-6-18)27(26-24)21-13-8-20(9-14-21)25(28)29/h2-16,22H,17H2,1H3,(H,28,29)/b12-7+/t22-/m1/s1. The molecule has 5 heteroatoms. The molecule has 30 heavy (non-hydrogen) atoms. The van der Waals surface area contributed by atoms with E-state index in [0.29, 0.717) is 0 Å². The van der Waals surface area contributed by atoms with E-state index in [1.807, 2.05) is 47.5 Å². The average Bonchev–Trinajstić information content (AvgIpc) is 3.23. The van der Waals surface area contributed by atoms with Gasteiger partial charge in [0.15, 0.2) is 0 Å². The highest BCUT2D eigenvalue weighted by molar-refractivity contribution is 6.03. The first-order valence-electron chi connectivity index (χ1n) is 9.72. The van der Waals surface area contributed by atoms with Gasteiger partial charge < -0.3 is 9.84 Å². The summed E-state index contributed by atoms with van der Waals surface area (Å²) in [5.74, 6) is -0.134. The van der Waals surface area contributed by atoms with Crippen LogP contribution in [0.3, 0.4) is 0 Å². The Morgan fingerprint density at radius 1 is 1.03 bits per heavy atom. The van der Waals surface area contributed by atoms with E-state index in [-0.39, 0.29) is 11.6 Å². The van der Waals surface area contributed by atoms with Gasteiger partial charge in [-0.05, 0) is 59.7 Å². The third-order valence-electron chi connectivity index (χ3n) is 5.06. The molecule has 0 aromatic heterocycles. The Morgan fingerprint density at radius 2 is 1.73 bits per heavy atom. The van der Waals surface area contributed by atoms with Gasteiger partial charge in [-0.15, -0.1) is 0 Å². The predicted octanol–water partition coefficient (Wildman–Crippen LogP) is 5.09. The monoisotopic (exact) mass is 398 g/mol. The summed E-state index contributed by atoms with van der Waals surface area (Å²) in [6.07, 6.45) is 4.98. The SMILES string of the molecule is COc1ccc(C2=NN(c3ccc(C(=O)O)cc3)[C@H](/C=C/c3ccccc3)C2)cc1. The summed E-state index contributed by atoms with van der Waals surface area (Å²) in [6, 6.07) is 24.8. The maximum absolute atomic E-state index is 11.2. The molecule has 0 saturated carbocycles. The topological polar surface area (TPSA) is 62.1 Å². The Hall–Kier alpha value is -3.86. The zero-order valence-electron chi connectivity index (χ0n) is 16.6. The third-order valence-corrected chi connectivity index (χ3v) is 5.06. The summed E-state index contributed by atoms with van der Waals surface area (Å²) in [4.78, 5) is 11.2. The lowest BCUT2D eigenvalue weighted by atomic mass is 10.0. The Kier molecular flexibility index (Phi) is 5.61. The fourth-order valence-electron chi connectivity index (χ4n) is 3.43. The van der Waals surface area contributed by atoms with E-state index in [4.69, 9.17) is 9.84 Å². The van der Waals surface area contributed by atoms with Crippen molar-refractivity contribution in [2.45, 2.75) is 12.5 Å². The number of hydrogen-bond acceptors (Lipinski definition) is 4. The number of anilines is 1. The molecule has 3 aromatic rings. The third kappa shape index (κ3) is 4.25. The van der Waals surface area contributed by atoms with Crippen molar-refractivity contribution >= 4 is 23.4 Å². The van der Waals surface area contributed by atoms with Crippen LogP contribution in [0.1, 0.15) is 27.9 Å². The van der Waals surface area contributed by atoms with Gasteiger partial charge in [-0.1, -0.05) is 42.5 Å². The fourth-order valence-corrected chi connectivity index (χ4v) is 3.43. The Morgan fingerprint density at radius 3 is 2.37 bits per heavy atom. The van der Waals surface area contributed by atoms with E-state index >= 15 is 0 Å². The highest BCUT2D eigenvalue weighted by Crippen LogP contribution is 2.29. The summed E-state index contributed by atoms with van der Waals surface area (Å²) in [5, 5.41) is 16.0. The van der Waals surface area contributed by atoms with Crippen molar-refractivity contribution in [3.05, 3.63) is 102 Å². The van der Waals surface area contributed by atoms with Gasteiger partial charge in [-0.3, -0.25) is 5.01 Å². The van der Waals surface area contributed by atoms with Gasteiger partial charge >= 0.3 is 5.97 Å². The fraction of sp³-hybridized carbons (Fsp3) is 0.120. The number of carboxylic acid groups (broad SMARTS) is 1. The van der Waals surface area contributed by atoms with Crippen molar-refractivity contribution < 1.29 is 14.6 Å². The summed E-state index contributed by atoms with van der Waals surface area (Å²) in [5.41, 5.74) is 4.25. The maximum atomic E-state index is 11.2. The van der Waals surface area contributed by atoms with Crippen molar-refractivity contribution in [3.8, 4) is 5.75 Å². The molecular formula is C25H22N2O3. The molecule has 1 atom stereocenters. The molecule has 1 aliphatic rings. The Balaban J connectivity index is 1.65. The number of nitrogens with zero attached hydrogens (tertiary/aromatic N) is 2. The molecule has 0 saturated heterocycles. The number of hydrazone groups is 1. The van der Waals surface area contributed by atoms with E-state index < -0.39 is 5.97 Å². The number of aromatic carboxylic acids is 1. The first-order chi connectivity index (χ1) is 14.6. The number of rotatable bonds is 6. The predicted molar refractivity (Wildman–Crippen MR) is 119 cm³/mol. The molecule has 0 bridgehead atoms. The van der Waals surface area contributed by atoms with E-state index in [9.17, 15) is 9.90 Å². The quantitative estimate of drug-likeness (QED) is 0.628. The Bertz CT molecular complexity index is 1070. The van der Waals surface area contributed by atoms with E-state index in [0.717, 1.165) is 34.7 Å². The first kappa shape index (κ1) is 19.5. The van der Waals surface area contributed by atoms with Crippen molar-refractivity contribution in [2.24, 2.45) is 5.10 Å². The van der Waals surface area contributed by atoms with Gasteiger partial charge in [0.2, 0.25) is 0 Å². The number of ether oxygens (including phenoxy) is 1. The summed E-state index contributed by atoms with van der Waals surface area (Å²) in [7, 11) is 1.65. The molecule has 0 fully saturated rings. The molecule has 1 N–H and O–H groups in total. The van der Waals surface area contributed by atoms with Crippen LogP contribution >= 0.6 is 0 Å². The van der Waals surface area contributed by atoms with Crippen molar-refractivity contribution in [2.75, 3.05) is 12.1 Å². The van der Waals surface area contributed by atoms with Crippen molar-refractivity contribution in [1.29, 1.82) is 0 Å². The summed E-state index contributed by atoms with van der Waals surface area (Å²) < 4.78 is 5.25. The molecule has 5 nitrogen and oxygen atoms in total. The molecule has 1 aliphatic heterocycles. The molecule has 0 aliphatic carbocycles. The highest BCUT2D eigenvalue weighted by atomic mass is 16.5. The maximum Gasteiger partial charge on any atom is 0.335 e. The molecule has 0 radical (unpaired) electrons. The van der Waals surface area contributed by atoms with Crippen LogP contribution in [0.2, 0.25) is 0 Å². The minimum absolute atomic E-state index is 0.0259. The minimum atomic E-state index is -0.939. The van der Waals surface area contributed by atoms with Crippen LogP contribution in [0.25, 0.3) is 6.08 Å². The Labute approximate surface area is 175 Å². The highest BCUT2D eigenvalue weighted by Gasteiger charge is 2.26. The smallest absolute Gasteiger partial charge is 0.335 e. The van der Waals surface area contributed by atoms with E-state index in [1.165, 1.54) is 0 Å². The molecule has 0 spiro atoms. The van der Waals surface area contributed by atoms with Crippen LogP contribution < -0.4 is 9.75 Å². The van der Waals surface area contributed by atoms with E-state index in [2.05, 4.69) is 24.3 Å². The van der Waals surface area contributed by atoms with Gasteiger partial charge in [-0.25, -0.2) is 4.79 Å². The summed E-state index contributed by atoms with van der Waals surface area (Å²) in [6.45, 7) is 0. The number of carbonyl (C=O) groups is 1. The molecule has 4 rings (SSSR count). The van der Waals surface area contributed by atoms with Gasteiger partial charge in [0.05, 0.1) is 30.1 Å². The van der Waals surface area contributed by atoms with Crippen molar-refractivity contribution in [1.82, 2.24) is 0 Å². The second-order valence-corrected chi connectivity index (χ2v) is 7.01. The van der Waals surface area contributed by atoms with E-state index in [1.54, 1.807) is 31.4 Å². The second kappa shape index (κ2) is 8.66. The lowest BCUT2D eigenvalue weighted by molar-refractivity contribution is 0.0697. The molecule has 0 amide bonds. The van der Waals surface area contributed by atoms with Crippen LogP contribution in [0.5, 0.6) is 5.75 Å².